The Morgan fingerprint density at radius 2 is 1.30 bits per heavy atom. The molecule has 1 atom stereocenters. The molecule has 0 saturated carbocycles. The van der Waals surface area contributed by atoms with Crippen LogP contribution in [-0.4, -0.2) is 27.5 Å². The molecule has 0 spiro atoms. The average molecular weight is 407 g/mol. The summed E-state index contributed by atoms with van der Waals surface area (Å²) in [7, 11) is -4.38. The van der Waals surface area contributed by atoms with Crippen LogP contribution in [0.15, 0.2) is 0 Å². The van der Waals surface area contributed by atoms with Crippen molar-refractivity contribution >= 4 is 13.6 Å². The highest BCUT2D eigenvalue weighted by Gasteiger charge is 2.46. The van der Waals surface area contributed by atoms with E-state index in [0.717, 1.165) is 44.9 Å². The zero-order valence-corrected chi connectivity index (χ0v) is 18.8. The highest BCUT2D eigenvalue weighted by Crippen LogP contribution is 2.57. The molecule has 1 unspecified atom stereocenters. The van der Waals surface area contributed by atoms with Crippen LogP contribution < -0.4 is 0 Å². The summed E-state index contributed by atoms with van der Waals surface area (Å²) in [5.74, 6) is -0.472. The van der Waals surface area contributed by atoms with Gasteiger partial charge in [0.05, 0.1) is 18.2 Å². The van der Waals surface area contributed by atoms with E-state index < -0.39 is 18.7 Å². The topological polar surface area (TPSA) is 83.8 Å². The van der Waals surface area contributed by atoms with Crippen LogP contribution in [0.3, 0.4) is 0 Å². The molecule has 0 aromatic heterocycles. The van der Waals surface area contributed by atoms with E-state index in [1.165, 1.54) is 32.1 Å². The predicted octanol–water partition coefficient (Wildman–Crippen LogP) is 6.36. The Morgan fingerprint density at radius 3 is 1.78 bits per heavy atom. The van der Waals surface area contributed by atoms with Gasteiger partial charge in [-0.05, 0) is 19.3 Å². The lowest BCUT2D eigenvalue weighted by atomic mass is 9.93. The Labute approximate surface area is 166 Å². The Hall–Kier alpha value is -0.380. The normalized spacial score (nSPS) is 14.1. The second-order valence-electron chi connectivity index (χ2n) is 7.80. The summed E-state index contributed by atoms with van der Waals surface area (Å²) >= 11 is 0. The molecule has 27 heavy (non-hydrogen) atoms. The Balaban J connectivity index is 4.38. The summed E-state index contributed by atoms with van der Waals surface area (Å²) in [6.45, 7) is 6.45. The van der Waals surface area contributed by atoms with Gasteiger partial charge in [0.2, 0.25) is 0 Å². The Bertz CT molecular complexity index is 421. The van der Waals surface area contributed by atoms with E-state index in [-0.39, 0.29) is 6.42 Å². The predicted molar refractivity (Wildman–Crippen MR) is 112 cm³/mol. The number of hydrogen-bond donors (Lipinski definition) is 2. The fourth-order valence-corrected chi connectivity index (χ4v) is 4.66. The maximum Gasteiger partial charge on any atom is 0.332 e. The van der Waals surface area contributed by atoms with E-state index in [1.807, 2.05) is 0 Å². The lowest BCUT2D eigenvalue weighted by molar-refractivity contribution is -0.144. The van der Waals surface area contributed by atoms with Gasteiger partial charge in [-0.25, -0.2) is 0 Å². The monoisotopic (exact) mass is 406 g/mol. The first-order valence-corrected chi connectivity index (χ1v) is 12.7. The van der Waals surface area contributed by atoms with Crippen LogP contribution in [0.25, 0.3) is 0 Å². The van der Waals surface area contributed by atoms with Crippen LogP contribution in [0.2, 0.25) is 0 Å². The molecule has 2 N–H and O–H groups in total. The third-order valence-corrected chi connectivity index (χ3v) is 7.44. The van der Waals surface area contributed by atoms with E-state index >= 15 is 0 Å². The fraction of sp³-hybridized carbons (Fsp3) is 0.952. The SMILES string of the molecule is CCCCCCCCOC(=O)CC(CC)(CCCCCCCC)P(=O)(O)O. The molecule has 0 aliphatic rings. The quantitative estimate of drug-likeness (QED) is 0.157. The van der Waals surface area contributed by atoms with Gasteiger partial charge in [0.25, 0.3) is 0 Å². The molecule has 0 radical (unpaired) electrons. The molecule has 0 aliphatic carbocycles. The van der Waals surface area contributed by atoms with Crippen LogP contribution in [0.1, 0.15) is 117 Å². The average Bonchev–Trinajstić information content (AvgIpc) is 2.61. The molecule has 0 saturated heterocycles. The first-order valence-electron chi connectivity index (χ1n) is 11.0. The second-order valence-corrected chi connectivity index (χ2v) is 9.84. The second kappa shape index (κ2) is 15.5. The molecule has 0 aliphatic heterocycles. The number of ether oxygens (including phenoxy) is 1. The molecular formula is C21H43O5P. The molecule has 0 aromatic rings. The first-order chi connectivity index (χ1) is 12.8. The number of hydrogen-bond acceptors (Lipinski definition) is 3. The third kappa shape index (κ3) is 11.9. The van der Waals surface area contributed by atoms with Crippen LogP contribution in [0.4, 0.5) is 0 Å². The van der Waals surface area contributed by atoms with Crippen LogP contribution in [-0.2, 0) is 14.1 Å². The lowest BCUT2D eigenvalue weighted by Crippen LogP contribution is -2.32. The highest BCUT2D eigenvalue weighted by molar-refractivity contribution is 7.53. The van der Waals surface area contributed by atoms with Gasteiger partial charge in [0.15, 0.2) is 0 Å². The van der Waals surface area contributed by atoms with E-state index in [1.54, 1.807) is 6.92 Å². The number of unbranched alkanes of at least 4 members (excludes halogenated alkanes) is 10. The number of carbonyl (C=O) groups is 1. The Morgan fingerprint density at radius 1 is 0.815 bits per heavy atom. The van der Waals surface area contributed by atoms with Crippen molar-refractivity contribution in [2.45, 2.75) is 122 Å². The first kappa shape index (κ1) is 26.6. The third-order valence-electron chi connectivity index (χ3n) is 5.51. The van der Waals surface area contributed by atoms with E-state index in [4.69, 9.17) is 4.74 Å². The summed E-state index contributed by atoms with van der Waals surface area (Å²) in [5, 5.41) is -1.27. The van der Waals surface area contributed by atoms with E-state index in [9.17, 15) is 19.1 Å². The van der Waals surface area contributed by atoms with Crippen LogP contribution in [0.5, 0.6) is 0 Å². The Kier molecular flexibility index (Phi) is 15.3. The molecule has 5 nitrogen and oxygen atoms in total. The maximum absolute atomic E-state index is 12.2. The van der Waals surface area contributed by atoms with E-state index in [2.05, 4.69) is 13.8 Å². The molecule has 0 fully saturated rings. The van der Waals surface area contributed by atoms with Crippen molar-refractivity contribution in [1.29, 1.82) is 0 Å². The molecule has 0 aromatic carbocycles. The van der Waals surface area contributed by atoms with Crippen molar-refractivity contribution in [3.05, 3.63) is 0 Å². The van der Waals surface area contributed by atoms with Crippen molar-refractivity contribution in [2.75, 3.05) is 6.61 Å². The van der Waals surface area contributed by atoms with Gasteiger partial charge in [0.1, 0.15) is 0 Å². The lowest BCUT2D eigenvalue weighted by Gasteiger charge is -2.32. The van der Waals surface area contributed by atoms with Gasteiger partial charge in [-0.2, -0.15) is 0 Å². The molecule has 6 heteroatoms. The minimum atomic E-state index is -4.38. The molecular weight excluding hydrogens is 363 g/mol. The molecule has 0 heterocycles. The summed E-state index contributed by atoms with van der Waals surface area (Å²) in [4.78, 5) is 32.0. The minimum absolute atomic E-state index is 0.182. The summed E-state index contributed by atoms with van der Waals surface area (Å²) in [6.07, 6.45) is 13.4. The molecule has 0 rings (SSSR count). The van der Waals surface area contributed by atoms with Gasteiger partial charge in [-0.3, -0.25) is 9.36 Å². The smallest absolute Gasteiger partial charge is 0.332 e. The summed E-state index contributed by atoms with van der Waals surface area (Å²) < 4.78 is 17.4. The molecule has 162 valence electrons. The van der Waals surface area contributed by atoms with Gasteiger partial charge in [0, 0.05) is 0 Å². The van der Waals surface area contributed by atoms with Crippen LogP contribution >= 0.6 is 7.60 Å². The fourth-order valence-electron chi connectivity index (χ4n) is 3.47. The van der Waals surface area contributed by atoms with Gasteiger partial charge < -0.3 is 14.5 Å². The summed E-state index contributed by atoms with van der Waals surface area (Å²) in [6, 6.07) is 0. The van der Waals surface area contributed by atoms with Crippen molar-refractivity contribution in [3.8, 4) is 0 Å². The maximum atomic E-state index is 12.2. The van der Waals surface area contributed by atoms with E-state index in [0.29, 0.717) is 19.4 Å². The van der Waals surface area contributed by atoms with Gasteiger partial charge in [-0.15, -0.1) is 0 Å². The van der Waals surface area contributed by atoms with Crippen molar-refractivity contribution in [3.63, 3.8) is 0 Å². The van der Waals surface area contributed by atoms with Gasteiger partial charge in [-0.1, -0.05) is 91.4 Å². The zero-order valence-electron chi connectivity index (χ0n) is 17.9. The largest absolute Gasteiger partial charge is 0.466 e. The molecule has 0 bridgehead atoms. The number of carbonyl (C=O) groups excluding carboxylic acids is 1. The number of rotatable bonds is 18. The molecule has 0 amide bonds. The van der Waals surface area contributed by atoms with Gasteiger partial charge >= 0.3 is 13.6 Å². The van der Waals surface area contributed by atoms with Crippen molar-refractivity contribution < 1.29 is 23.9 Å². The number of esters is 1. The van der Waals surface area contributed by atoms with Crippen LogP contribution in [0, 0.1) is 0 Å². The standard InChI is InChI=1S/C21H43O5P/c1-4-7-9-11-13-15-17-21(6-3,27(23,24)25)19-20(22)26-18-16-14-12-10-8-5-2/h4-19H2,1-3H3,(H2,23,24,25). The van der Waals surface area contributed by atoms with Crippen molar-refractivity contribution in [2.24, 2.45) is 0 Å². The minimum Gasteiger partial charge on any atom is -0.466 e. The zero-order chi connectivity index (χ0) is 20.6. The highest BCUT2D eigenvalue weighted by atomic mass is 31.2. The summed E-state index contributed by atoms with van der Waals surface area (Å²) in [5.41, 5.74) is 0. The van der Waals surface area contributed by atoms with Crippen molar-refractivity contribution in [1.82, 2.24) is 0 Å².